The lowest BCUT2D eigenvalue weighted by molar-refractivity contribution is -0.122. The second-order valence-corrected chi connectivity index (χ2v) is 8.81. The summed E-state index contributed by atoms with van der Waals surface area (Å²) in [6.07, 6.45) is 0.529. The summed E-state index contributed by atoms with van der Waals surface area (Å²) in [5, 5.41) is 2.91. The molecule has 4 amide bonds. The number of nitrogens with zero attached hydrogens (tertiary/aromatic N) is 3. The number of likely N-dealkylation sites (tertiary alicyclic amines) is 1. The van der Waals surface area contributed by atoms with Crippen molar-refractivity contribution in [2.45, 2.75) is 18.5 Å². The highest BCUT2D eigenvalue weighted by atomic mass is 16.5. The Hall–Kier alpha value is -4.33. The van der Waals surface area contributed by atoms with Gasteiger partial charge in [0.15, 0.2) is 0 Å². The molecule has 5 rings (SSSR count). The highest BCUT2D eigenvalue weighted by molar-refractivity contribution is 6.19. The number of ether oxygens (including phenoxy) is 1. The average Bonchev–Trinajstić information content (AvgIpc) is 3.29. The Bertz CT molecular complexity index is 1240. The van der Waals surface area contributed by atoms with Crippen molar-refractivity contribution in [2.75, 3.05) is 30.4 Å². The van der Waals surface area contributed by atoms with Gasteiger partial charge in [0, 0.05) is 31.9 Å². The number of nitrogens with one attached hydrogen (secondary N) is 1. The number of rotatable bonds is 5. The minimum atomic E-state index is -0.756. The number of urea groups is 1. The van der Waals surface area contributed by atoms with Gasteiger partial charge >= 0.3 is 6.03 Å². The molecule has 0 spiro atoms. The fraction of sp³-hybridized carbons (Fsp3) is 0.222. The highest BCUT2D eigenvalue weighted by Gasteiger charge is 2.50. The lowest BCUT2D eigenvalue weighted by atomic mass is 10.0. The first-order valence-electron chi connectivity index (χ1n) is 11.5. The lowest BCUT2D eigenvalue weighted by Crippen LogP contribution is -2.65. The summed E-state index contributed by atoms with van der Waals surface area (Å²) in [6, 6.07) is 21.7. The van der Waals surface area contributed by atoms with Crippen molar-refractivity contribution < 1.29 is 19.1 Å². The minimum Gasteiger partial charge on any atom is -0.457 e. The van der Waals surface area contributed by atoms with Crippen molar-refractivity contribution in [1.29, 1.82) is 0 Å². The zero-order valence-corrected chi connectivity index (χ0v) is 19.5. The number of carbonyl (C=O) groups is 3. The van der Waals surface area contributed by atoms with Gasteiger partial charge in [-0.2, -0.15) is 0 Å². The highest BCUT2D eigenvalue weighted by Crippen LogP contribution is 2.31. The second kappa shape index (κ2) is 9.13. The number of anilines is 2. The molecule has 0 bridgehead atoms. The molecule has 8 nitrogen and oxygen atoms in total. The van der Waals surface area contributed by atoms with Crippen LogP contribution in [0.2, 0.25) is 0 Å². The number of hydrogen-bond acceptors (Lipinski definition) is 5. The summed E-state index contributed by atoms with van der Waals surface area (Å²) >= 11 is 0. The third-order valence-electron chi connectivity index (χ3n) is 6.35. The molecule has 0 aromatic heterocycles. The quantitative estimate of drug-likeness (QED) is 0.612. The SMILES string of the molecule is CN(C)c1ccc(C(=O)N2CC[C@@H]3NC(=O)N(c4ccc(Oc5ccccc5)cc4)C(=O)[C@H]32)cc1. The molecule has 2 fully saturated rings. The van der Waals surface area contributed by atoms with E-state index in [4.69, 9.17) is 4.74 Å². The van der Waals surface area contributed by atoms with Crippen LogP contribution >= 0.6 is 0 Å². The Labute approximate surface area is 203 Å². The molecule has 35 heavy (non-hydrogen) atoms. The maximum atomic E-state index is 13.5. The molecule has 2 aliphatic rings. The summed E-state index contributed by atoms with van der Waals surface area (Å²) in [4.78, 5) is 44.3. The summed E-state index contributed by atoms with van der Waals surface area (Å²) in [7, 11) is 3.86. The van der Waals surface area contributed by atoms with Crippen LogP contribution in [0.15, 0.2) is 78.9 Å². The van der Waals surface area contributed by atoms with Crippen molar-refractivity contribution in [1.82, 2.24) is 10.2 Å². The molecule has 2 heterocycles. The number of fused-ring (bicyclic) bond motifs is 1. The van der Waals surface area contributed by atoms with Gasteiger partial charge in [0.25, 0.3) is 11.8 Å². The van der Waals surface area contributed by atoms with Gasteiger partial charge in [-0.3, -0.25) is 9.59 Å². The maximum absolute atomic E-state index is 13.5. The van der Waals surface area contributed by atoms with Crippen LogP contribution in [0.3, 0.4) is 0 Å². The van der Waals surface area contributed by atoms with Crippen LogP contribution in [-0.2, 0) is 4.79 Å². The van der Waals surface area contributed by atoms with Gasteiger partial charge in [-0.05, 0) is 67.1 Å². The molecule has 0 radical (unpaired) electrons. The van der Waals surface area contributed by atoms with E-state index in [0.29, 0.717) is 35.7 Å². The van der Waals surface area contributed by atoms with Crippen molar-refractivity contribution in [3.8, 4) is 11.5 Å². The number of benzene rings is 3. The number of imide groups is 1. The van der Waals surface area contributed by atoms with Crippen molar-refractivity contribution in [3.05, 3.63) is 84.4 Å². The molecular weight excluding hydrogens is 444 g/mol. The molecule has 0 aliphatic carbocycles. The van der Waals surface area contributed by atoms with E-state index < -0.39 is 24.0 Å². The van der Waals surface area contributed by atoms with Crippen LogP contribution in [0.4, 0.5) is 16.2 Å². The Morgan fingerprint density at radius 1 is 0.914 bits per heavy atom. The number of para-hydroxylation sites is 1. The van der Waals surface area contributed by atoms with Crippen LogP contribution in [0.1, 0.15) is 16.8 Å². The van der Waals surface area contributed by atoms with Gasteiger partial charge in [-0.1, -0.05) is 18.2 Å². The Morgan fingerprint density at radius 2 is 1.57 bits per heavy atom. The van der Waals surface area contributed by atoms with E-state index in [0.717, 1.165) is 10.6 Å². The zero-order valence-electron chi connectivity index (χ0n) is 19.5. The van der Waals surface area contributed by atoms with Gasteiger partial charge in [0.05, 0.1) is 11.7 Å². The summed E-state index contributed by atoms with van der Waals surface area (Å²) in [6.45, 7) is 0.396. The predicted molar refractivity (Wildman–Crippen MR) is 133 cm³/mol. The lowest BCUT2D eigenvalue weighted by Gasteiger charge is -2.37. The molecule has 0 unspecified atom stereocenters. The predicted octanol–water partition coefficient (Wildman–Crippen LogP) is 3.88. The first-order valence-corrected chi connectivity index (χ1v) is 11.5. The molecule has 8 heteroatoms. The van der Waals surface area contributed by atoms with Gasteiger partial charge in [0.1, 0.15) is 17.5 Å². The number of carbonyl (C=O) groups excluding carboxylic acids is 3. The molecule has 178 valence electrons. The van der Waals surface area contributed by atoms with E-state index >= 15 is 0 Å². The average molecular weight is 471 g/mol. The normalized spacial score (nSPS) is 19.3. The van der Waals surface area contributed by atoms with E-state index in [-0.39, 0.29) is 5.91 Å². The monoisotopic (exact) mass is 470 g/mol. The first kappa shape index (κ1) is 22.5. The summed E-state index contributed by atoms with van der Waals surface area (Å²) in [5.74, 6) is 0.639. The van der Waals surface area contributed by atoms with Crippen LogP contribution < -0.4 is 19.9 Å². The van der Waals surface area contributed by atoms with E-state index in [1.54, 1.807) is 41.3 Å². The van der Waals surface area contributed by atoms with Gasteiger partial charge in [-0.25, -0.2) is 9.69 Å². The van der Waals surface area contributed by atoms with E-state index in [9.17, 15) is 14.4 Å². The molecule has 3 aromatic rings. The molecule has 3 aromatic carbocycles. The minimum absolute atomic E-state index is 0.223. The van der Waals surface area contributed by atoms with Gasteiger partial charge in [-0.15, -0.1) is 0 Å². The van der Waals surface area contributed by atoms with E-state index in [1.807, 2.05) is 61.5 Å². The van der Waals surface area contributed by atoms with Crippen molar-refractivity contribution >= 4 is 29.2 Å². The van der Waals surface area contributed by atoms with Crippen LogP contribution in [-0.4, -0.2) is 55.5 Å². The fourth-order valence-corrected chi connectivity index (χ4v) is 4.53. The van der Waals surface area contributed by atoms with E-state index in [2.05, 4.69) is 5.32 Å². The number of hydrogen-bond donors (Lipinski definition) is 1. The van der Waals surface area contributed by atoms with Crippen molar-refractivity contribution in [2.24, 2.45) is 0 Å². The summed E-state index contributed by atoms with van der Waals surface area (Å²) < 4.78 is 5.80. The molecule has 1 N–H and O–H groups in total. The second-order valence-electron chi connectivity index (χ2n) is 8.81. The third kappa shape index (κ3) is 4.30. The van der Waals surface area contributed by atoms with Crippen molar-refractivity contribution in [3.63, 3.8) is 0 Å². The molecular formula is C27H26N4O4. The van der Waals surface area contributed by atoms with Crippen LogP contribution in [0, 0.1) is 0 Å². The number of amides is 4. The van der Waals surface area contributed by atoms with Crippen LogP contribution in [0.25, 0.3) is 0 Å². The topological polar surface area (TPSA) is 82.2 Å². The maximum Gasteiger partial charge on any atom is 0.329 e. The van der Waals surface area contributed by atoms with Crippen LogP contribution in [0.5, 0.6) is 11.5 Å². The fourth-order valence-electron chi connectivity index (χ4n) is 4.53. The smallest absolute Gasteiger partial charge is 0.329 e. The Balaban J connectivity index is 1.35. The summed E-state index contributed by atoms with van der Waals surface area (Å²) in [5.41, 5.74) is 1.91. The molecule has 2 aliphatic heterocycles. The first-order chi connectivity index (χ1) is 16.9. The van der Waals surface area contributed by atoms with E-state index in [1.165, 1.54) is 0 Å². The molecule has 2 atom stereocenters. The largest absolute Gasteiger partial charge is 0.457 e. The molecule has 2 saturated heterocycles. The van der Waals surface area contributed by atoms with Gasteiger partial charge in [0.2, 0.25) is 0 Å². The Morgan fingerprint density at radius 3 is 2.23 bits per heavy atom. The Kier molecular flexibility index (Phi) is 5.86. The molecule has 0 saturated carbocycles. The van der Waals surface area contributed by atoms with Gasteiger partial charge < -0.3 is 19.9 Å². The standard InChI is InChI=1S/C27H26N4O4/c1-29(2)19-10-8-18(9-11-19)25(32)30-17-16-23-24(30)26(33)31(27(34)28-23)20-12-14-22(15-13-20)35-21-6-4-3-5-7-21/h3-15,23-24H,16-17H2,1-2H3,(H,28,34)/t23-,24-/m0/s1. The third-order valence-corrected chi connectivity index (χ3v) is 6.35. The zero-order chi connectivity index (χ0) is 24.5.